The highest BCUT2D eigenvalue weighted by atomic mass is 32.2. The molecule has 0 aliphatic carbocycles. The summed E-state index contributed by atoms with van der Waals surface area (Å²) in [4.78, 5) is 0. The van der Waals surface area contributed by atoms with E-state index in [9.17, 15) is 8.42 Å². The van der Waals surface area contributed by atoms with Gasteiger partial charge in [0.15, 0.2) is 0 Å². The maximum absolute atomic E-state index is 11.9. The first-order chi connectivity index (χ1) is 10.1. The Kier molecular flexibility index (Phi) is 3.72. The molecular formula is C17H19NO2S. The SMILES string of the molecule is CCc1cccc(-c2ccc(N3CCCS3(=O)=O)cc2)c1. The van der Waals surface area contributed by atoms with Crippen LogP contribution < -0.4 is 4.31 Å². The third-order valence-electron chi connectivity index (χ3n) is 3.92. The first-order valence-corrected chi connectivity index (χ1v) is 8.91. The molecule has 1 aliphatic heterocycles. The molecule has 1 aliphatic rings. The van der Waals surface area contributed by atoms with Gasteiger partial charge in [-0.05, 0) is 41.7 Å². The summed E-state index contributed by atoms with van der Waals surface area (Å²) in [5, 5.41) is 0. The third-order valence-corrected chi connectivity index (χ3v) is 5.79. The summed E-state index contributed by atoms with van der Waals surface area (Å²) in [7, 11) is -3.09. The molecule has 0 saturated carbocycles. The number of nitrogens with zero attached hydrogens (tertiary/aromatic N) is 1. The van der Waals surface area contributed by atoms with Gasteiger partial charge in [-0.2, -0.15) is 0 Å². The molecule has 21 heavy (non-hydrogen) atoms. The van der Waals surface area contributed by atoms with Crippen LogP contribution in [-0.4, -0.2) is 20.7 Å². The van der Waals surface area contributed by atoms with Gasteiger partial charge in [-0.1, -0.05) is 43.3 Å². The summed E-state index contributed by atoms with van der Waals surface area (Å²) in [6, 6.07) is 16.2. The number of hydrogen-bond donors (Lipinski definition) is 0. The van der Waals surface area contributed by atoms with Crippen LogP contribution in [0.5, 0.6) is 0 Å². The maximum atomic E-state index is 11.9. The zero-order valence-corrected chi connectivity index (χ0v) is 12.9. The maximum Gasteiger partial charge on any atom is 0.235 e. The second-order valence-corrected chi connectivity index (χ2v) is 7.36. The molecule has 2 aromatic rings. The van der Waals surface area contributed by atoms with E-state index in [0.29, 0.717) is 13.0 Å². The highest BCUT2D eigenvalue weighted by Gasteiger charge is 2.28. The lowest BCUT2D eigenvalue weighted by Gasteiger charge is -2.17. The van der Waals surface area contributed by atoms with E-state index in [1.807, 2.05) is 24.3 Å². The molecule has 0 amide bonds. The van der Waals surface area contributed by atoms with Crippen LogP contribution in [0.25, 0.3) is 11.1 Å². The minimum absolute atomic E-state index is 0.257. The van der Waals surface area contributed by atoms with Crippen molar-refractivity contribution in [2.24, 2.45) is 0 Å². The fourth-order valence-electron chi connectivity index (χ4n) is 2.72. The van der Waals surface area contributed by atoms with Crippen LogP contribution in [0, 0.1) is 0 Å². The molecule has 0 aromatic heterocycles. The first kappa shape index (κ1) is 14.1. The van der Waals surface area contributed by atoms with Gasteiger partial charge in [0, 0.05) is 6.54 Å². The topological polar surface area (TPSA) is 37.4 Å². The van der Waals surface area contributed by atoms with Gasteiger partial charge in [-0.3, -0.25) is 4.31 Å². The summed E-state index contributed by atoms with van der Waals surface area (Å²) < 4.78 is 25.4. The van der Waals surface area contributed by atoms with E-state index < -0.39 is 10.0 Å². The van der Waals surface area contributed by atoms with E-state index in [1.165, 1.54) is 15.4 Å². The average molecular weight is 301 g/mol. The van der Waals surface area contributed by atoms with E-state index in [-0.39, 0.29) is 5.75 Å². The van der Waals surface area contributed by atoms with E-state index in [0.717, 1.165) is 17.7 Å². The Morgan fingerprint density at radius 2 is 1.81 bits per heavy atom. The molecule has 110 valence electrons. The van der Waals surface area contributed by atoms with Gasteiger partial charge in [-0.15, -0.1) is 0 Å². The van der Waals surface area contributed by atoms with Gasteiger partial charge >= 0.3 is 0 Å². The molecule has 1 saturated heterocycles. The van der Waals surface area contributed by atoms with Crippen molar-refractivity contribution < 1.29 is 8.42 Å². The van der Waals surface area contributed by atoms with Gasteiger partial charge in [0.2, 0.25) is 10.0 Å². The van der Waals surface area contributed by atoms with E-state index in [2.05, 4.69) is 31.2 Å². The van der Waals surface area contributed by atoms with Crippen molar-refractivity contribution in [1.29, 1.82) is 0 Å². The smallest absolute Gasteiger partial charge is 0.235 e. The molecule has 2 aromatic carbocycles. The minimum atomic E-state index is -3.09. The number of benzene rings is 2. The number of hydrogen-bond acceptors (Lipinski definition) is 2. The minimum Gasteiger partial charge on any atom is -0.270 e. The summed E-state index contributed by atoms with van der Waals surface area (Å²) in [5.41, 5.74) is 4.36. The standard InChI is InChI=1S/C17H19NO2S/c1-2-14-5-3-6-16(13-14)15-7-9-17(10-8-15)18-11-4-12-21(18,19)20/h3,5-10,13H,2,4,11-12H2,1H3. The fraction of sp³-hybridized carbons (Fsp3) is 0.294. The number of sulfonamides is 1. The van der Waals surface area contributed by atoms with E-state index in [1.54, 1.807) is 0 Å². The van der Waals surface area contributed by atoms with E-state index in [4.69, 9.17) is 0 Å². The van der Waals surface area contributed by atoms with Crippen LogP contribution in [0.3, 0.4) is 0 Å². The van der Waals surface area contributed by atoms with E-state index >= 15 is 0 Å². The van der Waals surface area contributed by atoms with Gasteiger partial charge in [0.05, 0.1) is 11.4 Å². The normalized spacial score (nSPS) is 17.1. The molecule has 0 radical (unpaired) electrons. The van der Waals surface area contributed by atoms with Crippen molar-refractivity contribution in [3.05, 3.63) is 54.1 Å². The predicted molar refractivity (Wildman–Crippen MR) is 87.0 cm³/mol. The Hall–Kier alpha value is -1.81. The summed E-state index contributed by atoms with van der Waals surface area (Å²) in [6.07, 6.45) is 1.72. The molecule has 1 heterocycles. The zero-order chi connectivity index (χ0) is 14.9. The molecular weight excluding hydrogens is 282 g/mol. The number of anilines is 1. The Bertz CT molecular complexity index is 736. The molecule has 0 N–H and O–H groups in total. The highest BCUT2D eigenvalue weighted by Crippen LogP contribution is 2.27. The van der Waals surface area contributed by atoms with Crippen molar-refractivity contribution in [1.82, 2.24) is 0 Å². The Labute approximate surface area is 126 Å². The van der Waals surface area contributed by atoms with Crippen LogP contribution in [0.2, 0.25) is 0 Å². The molecule has 4 heteroatoms. The average Bonchev–Trinajstić information content (AvgIpc) is 2.87. The quantitative estimate of drug-likeness (QED) is 0.870. The second-order valence-electron chi connectivity index (χ2n) is 5.34. The largest absolute Gasteiger partial charge is 0.270 e. The van der Waals surface area contributed by atoms with Crippen LogP contribution in [-0.2, 0) is 16.4 Å². The van der Waals surface area contributed by atoms with Gasteiger partial charge in [0.25, 0.3) is 0 Å². The Morgan fingerprint density at radius 1 is 1.05 bits per heavy atom. The van der Waals surface area contributed by atoms with Crippen molar-refractivity contribution >= 4 is 15.7 Å². The highest BCUT2D eigenvalue weighted by molar-refractivity contribution is 7.93. The second kappa shape index (κ2) is 5.53. The van der Waals surface area contributed by atoms with Crippen molar-refractivity contribution in [3.63, 3.8) is 0 Å². The Balaban J connectivity index is 1.90. The van der Waals surface area contributed by atoms with Crippen molar-refractivity contribution in [2.75, 3.05) is 16.6 Å². The van der Waals surface area contributed by atoms with Gasteiger partial charge in [-0.25, -0.2) is 8.42 Å². The lowest BCUT2D eigenvalue weighted by atomic mass is 10.0. The van der Waals surface area contributed by atoms with Crippen molar-refractivity contribution in [2.45, 2.75) is 19.8 Å². The van der Waals surface area contributed by atoms with Crippen LogP contribution in [0.4, 0.5) is 5.69 Å². The molecule has 0 bridgehead atoms. The third kappa shape index (κ3) is 2.81. The van der Waals surface area contributed by atoms with Crippen molar-refractivity contribution in [3.8, 4) is 11.1 Å². The monoisotopic (exact) mass is 301 g/mol. The van der Waals surface area contributed by atoms with Crippen LogP contribution in [0.15, 0.2) is 48.5 Å². The number of rotatable bonds is 3. The lowest BCUT2D eigenvalue weighted by molar-refractivity contribution is 0.599. The Morgan fingerprint density at radius 3 is 2.43 bits per heavy atom. The molecule has 0 atom stereocenters. The summed E-state index contributed by atoms with van der Waals surface area (Å²) in [5.74, 6) is 0.257. The lowest BCUT2D eigenvalue weighted by Crippen LogP contribution is -2.24. The molecule has 0 unspecified atom stereocenters. The summed E-state index contributed by atoms with van der Waals surface area (Å²) >= 11 is 0. The molecule has 0 spiro atoms. The zero-order valence-electron chi connectivity index (χ0n) is 12.1. The van der Waals surface area contributed by atoms with Crippen LogP contribution in [0.1, 0.15) is 18.9 Å². The predicted octanol–water partition coefficient (Wildman–Crippen LogP) is 3.46. The molecule has 3 rings (SSSR count). The fourth-order valence-corrected chi connectivity index (χ4v) is 4.28. The first-order valence-electron chi connectivity index (χ1n) is 7.30. The van der Waals surface area contributed by atoms with Gasteiger partial charge in [0.1, 0.15) is 0 Å². The molecule has 3 nitrogen and oxygen atoms in total. The summed E-state index contributed by atoms with van der Waals surface area (Å²) in [6.45, 7) is 2.73. The van der Waals surface area contributed by atoms with Crippen LogP contribution >= 0.6 is 0 Å². The van der Waals surface area contributed by atoms with Gasteiger partial charge < -0.3 is 0 Å². The number of aryl methyl sites for hydroxylation is 1. The molecule has 1 fully saturated rings.